The minimum atomic E-state index is -0.664. The molecule has 1 aromatic carbocycles. The Morgan fingerprint density at radius 1 is 1.47 bits per heavy atom. The molecule has 0 aliphatic heterocycles. The lowest BCUT2D eigenvalue weighted by molar-refractivity contribution is -0.384. The van der Waals surface area contributed by atoms with E-state index in [4.69, 9.17) is 10.5 Å². The molecule has 0 aliphatic carbocycles. The zero-order chi connectivity index (χ0) is 12.8. The van der Waals surface area contributed by atoms with Crippen molar-refractivity contribution >= 4 is 17.1 Å². The molecule has 8 heteroatoms. The van der Waals surface area contributed by atoms with Crippen molar-refractivity contribution in [1.82, 2.24) is 0 Å². The highest BCUT2D eigenvalue weighted by Crippen LogP contribution is 2.27. The maximum Gasteiger partial charge on any atom is 0.273 e. The van der Waals surface area contributed by atoms with Crippen molar-refractivity contribution in [1.29, 1.82) is 10.5 Å². The van der Waals surface area contributed by atoms with E-state index in [1.807, 2.05) is 0 Å². The molecule has 8 nitrogen and oxygen atoms in total. The van der Waals surface area contributed by atoms with E-state index in [1.165, 1.54) is 18.2 Å². The van der Waals surface area contributed by atoms with Crippen LogP contribution in [0.2, 0.25) is 0 Å². The second-order valence-corrected chi connectivity index (χ2v) is 2.75. The van der Waals surface area contributed by atoms with Crippen molar-refractivity contribution < 1.29 is 10.0 Å². The number of aromatic hydroxyl groups is 1. The van der Waals surface area contributed by atoms with Crippen molar-refractivity contribution in [3.63, 3.8) is 0 Å². The van der Waals surface area contributed by atoms with Gasteiger partial charge in [0.25, 0.3) is 5.69 Å². The van der Waals surface area contributed by atoms with Crippen LogP contribution in [-0.4, -0.2) is 15.7 Å². The summed E-state index contributed by atoms with van der Waals surface area (Å²) in [7, 11) is 0. The molecular formula is C9H5N5O3. The van der Waals surface area contributed by atoms with E-state index in [2.05, 4.69) is 10.5 Å². The van der Waals surface area contributed by atoms with Crippen LogP contribution >= 0.6 is 0 Å². The number of phenolic OH excluding ortho intramolecular Hbond substituents is 1. The molecule has 0 aromatic heterocycles. The highest BCUT2D eigenvalue weighted by Gasteiger charge is 2.09. The number of nitro groups is 1. The number of anilines is 1. The normalized spacial score (nSPS) is 8.59. The third-order valence-electron chi connectivity index (χ3n) is 1.69. The number of hydrogen-bond acceptors (Lipinski definition) is 7. The summed E-state index contributed by atoms with van der Waals surface area (Å²) in [6, 6.07) is 6.30. The largest absolute Gasteiger partial charge is 0.505 e. The fraction of sp³-hybridized carbons (Fsp3) is 0. The summed E-state index contributed by atoms with van der Waals surface area (Å²) in [6.07, 6.45) is 0. The van der Waals surface area contributed by atoms with E-state index >= 15 is 0 Å². The molecule has 0 fully saturated rings. The molecule has 0 aliphatic rings. The van der Waals surface area contributed by atoms with Gasteiger partial charge in [0.05, 0.1) is 16.7 Å². The van der Waals surface area contributed by atoms with E-state index < -0.39 is 16.4 Å². The van der Waals surface area contributed by atoms with Crippen molar-refractivity contribution in [3.8, 4) is 17.9 Å². The number of nitro benzene ring substituents is 1. The number of hydrazone groups is 1. The fourth-order valence-corrected chi connectivity index (χ4v) is 0.919. The predicted molar refractivity (Wildman–Crippen MR) is 57.0 cm³/mol. The first-order valence-electron chi connectivity index (χ1n) is 4.19. The van der Waals surface area contributed by atoms with Crippen molar-refractivity contribution in [3.05, 3.63) is 28.3 Å². The van der Waals surface area contributed by atoms with Gasteiger partial charge in [-0.1, -0.05) is 0 Å². The molecule has 2 N–H and O–H groups in total. The Morgan fingerprint density at radius 2 is 2.12 bits per heavy atom. The number of hydrogen-bond donors (Lipinski definition) is 2. The number of non-ortho nitro benzene ring substituents is 1. The van der Waals surface area contributed by atoms with Gasteiger partial charge in [-0.2, -0.15) is 15.6 Å². The first kappa shape index (κ1) is 11.9. The van der Waals surface area contributed by atoms with Gasteiger partial charge in [-0.3, -0.25) is 15.5 Å². The minimum Gasteiger partial charge on any atom is -0.505 e. The summed E-state index contributed by atoms with van der Waals surface area (Å²) >= 11 is 0. The van der Waals surface area contributed by atoms with Crippen LogP contribution in [0, 0.1) is 32.8 Å². The van der Waals surface area contributed by atoms with E-state index in [1.54, 1.807) is 0 Å². The number of nitriles is 2. The summed E-state index contributed by atoms with van der Waals surface area (Å²) in [5.74, 6) is -0.404. The van der Waals surface area contributed by atoms with Crippen molar-refractivity contribution in [2.24, 2.45) is 5.10 Å². The maximum atomic E-state index is 10.4. The molecule has 1 rings (SSSR count). The molecule has 0 unspecified atom stereocenters. The number of rotatable bonds is 3. The predicted octanol–water partition coefficient (Wildman–Crippen LogP) is 1.12. The lowest BCUT2D eigenvalue weighted by atomic mass is 10.2. The zero-order valence-electron chi connectivity index (χ0n) is 8.28. The van der Waals surface area contributed by atoms with Gasteiger partial charge < -0.3 is 5.11 Å². The molecular weight excluding hydrogens is 226 g/mol. The molecule has 1 aromatic rings. The lowest BCUT2D eigenvalue weighted by Gasteiger charge is -2.02. The smallest absolute Gasteiger partial charge is 0.273 e. The van der Waals surface area contributed by atoms with Gasteiger partial charge in [0.2, 0.25) is 5.71 Å². The molecule has 84 valence electrons. The Labute approximate surface area is 95.2 Å². The Bertz CT molecular complexity index is 551. The molecule has 17 heavy (non-hydrogen) atoms. The van der Waals surface area contributed by atoms with Gasteiger partial charge in [0, 0.05) is 6.07 Å². The maximum absolute atomic E-state index is 10.4. The van der Waals surface area contributed by atoms with Crippen LogP contribution in [0.3, 0.4) is 0 Å². The van der Waals surface area contributed by atoms with Crippen LogP contribution in [-0.2, 0) is 0 Å². The fourth-order valence-electron chi connectivity index (χ4n) is 0.919. The SMILES string of the molecule is N#CC(C#N)=NNc1ccc([N+](=O)[O-])cc1O. The second-order valence-electron chi connectivity index (χ2n) is 2.75. The van der Waals surface area contributed by atoms with E-state index in [0.717, 1.165) is 12.1 Å². The second kappa shape index (κ2) is 5.09. The summed E-state index contributed by atoms with van der Waals surface area (Å²) in [4.78, 5) is 9.72. The third-order valence-corrected chi connectivity index (χ3v) is 1.69. The van der Waals surface area contributed by atoms with Crippen molar-refractivity contribution in [2.75, 3.05) is 5.43 Å². The molecule has 0 bridgehead atoms. The lowest BCUT2D eigenvalue weighted by Crippen LogP contribution is -1.97. The van der Waals surface area contributed by atoms with Crippen LogP contribution < -0.4 is 5.43 Å². The molecule has 0 saturated heterocycles. The number of benzene rings is 1. The summed E-state index contributed by atoms with van der Waals surface area (Å²) in [5.41, 5.74) is 1.60. The van der Waals surface area contributed by atoms with Crippen LogP contribution in [0.1, 0.15) is 0 Å². The van der Waals surface area contributed by atoms with Crippen LogP contribution in [0.4, 0.5) is 11.4 Å². The summed E-state index contributed by atoms with van der Waals surface area (Å²) in [6.45, 7) is 0. The third kappa shape index (κ3) is 2.91. The molecule has 0 heterocycles. The first-order valence-corrected chi connectivity index (χ1v) is 4.19. The van der Waals surface area contributed by atoms with E-state index in [9.17, 15) is 15.2 Å². The van der Waals surface area contributed by atoms with Gasteiger partial charge in [-0.25, -0.2) is 0 Å². The quantitative estimate of drug-likeness (QED) is 0.346. The van der Waals surface area contributed by atoms with E-state index in [-0.39, 0.29) is 11.4 Å². The molecule has 0 spiro atoms. The average molecular weight is 231 g/mol. The zero-order valence-corrected chi connectivity index (χ0v) is 8.28. The monoisotopic (exact) mass is 231 g/mol. The Hall–Kier alpha value is -3.13. The van der Waals surface area contributed by atoms with E-state index in [0.29, 0.717) is 0 Å². The minimum absolute atomic E-state index is 0.0543. The Morgan fingerprint density at radius 3 is 2.59 bits per heavy atom. The van der Waals surface area contributed by atoms with Gasteiger partial charge in [-0.15, -0.1) is 0 Å². The Kier molecular flexibility index (Phi) is 3.58. The molecule has 0 atom stereocenters. The number of nitrogens with one attached hydrogen (secondary N) is 1. The molecule has 0 radical (unpaired) electrons. The highest BCUT2D eigenvalue weighted by molar-refractivity contribution is 6.10. The summed E-state index contributed by atoms with van der Waals surface area (Å²) < 4.78 is 0. The number of phenols is 1. The Balaban J connectivity index is 2.96. The average Bonchev–Trinajstić information content (AvgIpc) is 2.31. The standard InChI is InChI=1S/C9H5N5O3/c10-4-6(5-11)12-13-8-2-1-7(14(16)17)3-9(8)15/h1-3,13,15H. The van der Waals surface area contributed by atoms with Gasteiger partial charge in [0.15, 0.2) is 0 Å². The van der Waals surface area contributed by atoms with Crippen molar-refractivity contribution in [2.45, 2.75) is 0 Å². The molecule has 0 amide bonds. The van der Waals surface area contributed by atoms with Gasteiger partial charge in [-0.05, 0) is 6.07 Å². The van der Waals surface area contributed by atoms with Crippen LogP contribution in [0.5, 0.6) is 5.75 Å². The topological polar surface area (TPSA) is 135 Å². The summed E-state index contributed by atoms with van der Waals surface area (Å²) in [5, 5.41) is 40.0. The molecule has 0 saturated carbocycles. The van der Waals surface area contributed by atoms with Crippen LogP contribution in [0.15, 0.2) is 23.3 Å². The van der Waals surface area contributed by atoms with Gasteiger partial charge in [0.1, 0.15) is 17.9 Å². The first-order chi connectivity index (χ1) is 8.08. The number of nitrogens with zero attached hydrogens (tertiary/aromatic N) is 4. The van der Waals surface area contributed by atoms with Gasteiger partial charge >= 0.3 is 0 Å². The highest BCUT2D eigenvalue weighted by atomic mass is 16.6. The van der Waals surface area contributed by atoms with Crippen LogP contribution in [0.25, 0.3) is 0 Å².